The predicted octanol–water partition coefficient (Wildman–Crippen LogP) is 2.72. The first-order valence-electron chi connectivity index (χ1n) is 10.4. The van der Waals surface area contributed by atoms with Gasteiger partial charge in [0.1, 0.15) is 9.80 Å². The first-order valence-corrected chi connectivity index (χ1v) is 11.5. The van der Waals surface area contributed by atoms with Crippen LogP contribution in [-0.2, 0) is 28.8 Å². The molecule has 1 saturated heterocycles. The number of amides is 1. The van der Waals surface area contributed by atoms with Crippen molar-refractivity contribution >= 4 is 34.5 Å². The van der Waals surface area contributed by atoms with Crippen LogP contribution in [0, 0.1) is 3.70 Å². The van der Waals surface area contributed by atoms with Crippen LogP contribution < -0.4 is 0 Å². The highest BCUT2D eigenvalue weighted by atomic mass is 127. The van der Waals surface area contributed by atoms with E-state index in [4.69, 9.17) is 4.74 Å². The van der Waals surface area contributed by atoms with E-state index in [0.29, 0.717) is 12.0 Å². The van der Waals surface area contributed by atoms with Gasteiger partial charge in [0.05, 0.1) is 12.0 Å². The van der Waals surface area contributed by atoms with Gasteiger partial charge in [0, 0.05) is 45.3 Å². The van der Waals surface area contributed by atoms with Crippen molar-refractivity contribution in [3.05, 3.63) is 62.5 Å². The summed E-state index contributed by atoms with van der Waals surface area (Å²) in [5.74, 6) is -0.0366. The van der Waals surface area contributed by atoms with Crippen LogP contribution in [0.2, 0.25) is 0 Å². The number of aromatic nitrogens is 1. The van der Waals surface area contributed by atoms with Crippen LogP contribution in [0.4, 0.5) is 0 Å². The summed E-state index contributed by atoms with van der Waals surface area (Å²) in [5, 5.41) is 0. The van der Waals surface area contributed by atoms with Crippen LogP contribution in [0.1, 0.15) is 34.0 Å². The van der Waals surface area contributed by atoms with Gasteiger partial charge in [-0.2, -0.15) is 0 Å². The first kappa shape index (κ1) is 21.2. The topological polar surface area (TPSA) is 62.7 Å². The molecule has 1 aromatic heterocycles. The maximum Gasteiger partial charge on any atom is 0.338 e. The monoisotopic (exact) mass is 519 g/mol. The fourth-order valence-corrected chi connectivity index (χ4v) is 4.39. The molecule has 1 aromatic carbocycles. The molecule has 1 fully saturated rings. The average Bonchev–Trinajstić information content (AvgIpc) is 2.74. The summed E-state index contributed by atoms with van der Waals surface area (Å²) in [6, 6.07) is 9.99. The van der Waals surface area contributed by atoms with Gasteiger partial charge < -0.3 is 9.64 Å². The quantitative estimate of drug-likeness (QED) is 0.346. The second-order valence-corrected chi connectivity index (χ2v) is 9.16. The highest BCUT2D eigenvalue weighted by Crippen LogP contribution is 2.22. The number of carbonyl (C=O) groups excluding carboxylic acids is 2. The van der Waals surface area contributed by atoms with E-state index < -0.39 is 0 Å². The van der Waals surface area contributed by atoms with Gasteiger partial charge in [0.2, 0.25) is 5.91 Å². The summed E-state index contributed by atoms with van der Waals surface area (Å²) in [7, 11) is 0. The minimum absolute atomic E-state index is 0.0545. The Morgan fingerprint density at radius 3 is 2.67 bits per heavy atom. The van der Waals surface area contributed by atoms with Crippen molar-refractivity contribution in [1.29, 1.82) is 0 Å². The third-order valence-corrected chi connectivity index (χ3v) is 6.43. The molecule has 3 heterocycles. The van der Waals surface area contributed by atoms with E-state index in [1.54, 1.807) is 6.20 Å². The van der Waals surface area contributed by atoms with Crippen molar-refractivity contribution in [2.24, 2.45) is 0 Å². The number of esters is 1. The van der Waals surface area contributed by atoms with E-state index in [1.165, 1.54) is 5.56 Å². The fraction of sp³-hybridized carbons (Fsp3) is 0.435. The summed E-state index contributed by atoms with van der Waals surface area (Å²) in [5.41, 5.74) is 4.01. The Hall–Kier alpha value is -2.00. The van der Waals surface area contributed by atoms with Crippen molar-refractivity contribution in [2.45, 2.75) is 32.3 Å². The largest absolute Gasteiger partial charge is 0.459 e. The second kappa shape index (κ2) is 9.43. The number of hydrogen-bond donors (Lipinski definition) is 0. The van der Waals surface area contributed by atoms with E-state index in [0.717, 1.165) is 60.4 Å². The third kappa shape index (κ3) is 5.18. The molecule has 2 aliphatic rings. The lowest BCUT2D eigenvalue weighted by Gasteiger charge is -2.35. The molecule has 4 rings (SSSR count). The van der Waals surface area contributed by atoms with Gasteiger partial charge in [-0.25, -0.2) is 4.79 Å². The number of carbonyl (C=O) groups is 2. The third-order valence-electron chi connectivity index (χ3n) is 5.79. The number of fused-ring (bicyclic) bond motifs is 1. The lowest BCUT2D eigenvalue weighted by Crippen LogP contribution is -2.49. The molecule has 30 heavy (non-hydrogen) atoms. The van der Waals surface area contributed by atoms with Crippen LogP contribution in [0.15, 0.2) is 36.5 Å². The van der Waals surface area contributed by atoms with Crippen molar-refractivity contribution < 1.29 is 14.3 Å². The normalized spacial score (nSPS) is 19.3. The number of piperazine rings is 1. The molecule has 2 aliphatic heterocycles. The Labute approximate surface area is 190 Å². The molecule has 1 amide bonds. The predicted molar refractivity (Wildman–Crippen MR) is 122 cm³/mol. The summed E-state index contributed by atoms with van der Waals surface area (Å²) in [6.45, 7) is 6.22. The molecule has 0 bridgehead atoms. The molecule has 1 atom stereocenters. The second-order valence-electron chi connectivity index (χ2n) is 8.05. The minimum Gasteiger partial charge on any atom is -0.459 e. The van der Waals surface area contributed by atoms with E-state index in [9.17, 15) is 9.59 Å². The maximum absolute atomic E-state index is 12.6. The van der Waals surface area contributed by atoms with E-state index >= 15 is 0 Å². The van der Waals surface area contributed by atoms with Crippen molar-refractivity contribution in [1.82, 2.24) is 14.8 Å². The van der Waals surface area contributed by atoms with E-state index in [-0.39, 0.29) is 18.0 Å². The summed E-state index contributed by atoms with van der Waals surface area (Å²) in [4.78, 5) is 33.2. The summed E-state index contributed by atoms with van der Waals surface area (Å²) in [6.07, 6.45) is 3.88. The molecule has 0 radical (unpaired) electrons. The maximum atomic E-state index is 12.6. The Balaban J connectivity index is 1.25. The molecular weight excluding hydrogens is 493 g/mol. The molecule has 0 saturated carbocycles. The molecule has 0 aliphatic carbocycles. The van der Waals surface area contributed by atoms with Crippen LogP contribution in [0.25, 0.3) is 0 Å². The zero-order valence-corrected chi connectivity index (χ0v) is 19.3. The Morgan fingerprint density at radius 1 is 1.17 bits per heavy atom. The lowest BCUT2D eigenvalue weighted by atomic mass is 9.96. The number of nitrogens with zero attached hydrogens (tertiary/aromatic N) is 3. The number of benzene rings is 1. The molecule has 0 spiro atoms. The minimum atomic E-state index is -0.211. The Bertz CT molecular complexity index is 924. The van der Waals surface area contributed by atoms with Gasteiger partial charge in [0.15, 0.2) is 0 Å². The van der Waals surface area contributed by atoms with Gasteiger partial charge in [-0.15, -0.1) is 0 Å². The van der Waals surface area contributed by atoms with Gasteiger partial charge in [0.25, 0.3) is 0 Å². The van der Waals surface area contributed by atoms with Crippen molar-refractivity contribution in [3.63, 3.8) is 0 Å². The number of rotatable bonds is 5. The molecule has 0 unspecified atom stereocenters. The van der Waals surface area contributed by atoms with Gasteiger partial charge in [-0.05, 0) is 64.8 Å². The fourth-order valence-electron chi connectivity index (χ4n) is 4.07. The summed E-state index contributed by atoms with van der Waals surface area (Å²) >= 11 is 2.17. The number of ether oxygens (including phenoxy) is 1. The average molecular weight is 519 g/mol. The number of hydrogen-bond acceptors (Lipinski definition) is 5. The molecule has 0 N–H and O–H groups in total. The van der Waals surface area contributed by atoms with Crippen LogP contribution in [0.5, 0.6) is 0 Å². The van der Waals surface area contributed by atoms with Crippen LogP contribution in [0.3, 0.4) is 0 Å². The molecule has 2 aromatic rings. The van der Waals surface area contributed by atoms with Crippen molar-refractivity contribution in [2.75, 3.05) is 32.7 Å². The van der Waals surface area contributed by atoms with Gasteiger partial charge in [-0.1, -0.05) is 18.2 Å². The number of pyridine rings is 1. The highest BCUT2D eigenvalue weighted by Gasteiger charge is 2.24. The van der Waals surface area contributed by atoms with Crippen LogP contribution in [-0.4, -0.2) is 65.5 Å². The Kier molecular flexibility index (Phi) is 6.67. The standard InChI is InChI=1S/C23H26IN3O3/c1-16-12-19-13-17(2-4-20(19)23(29)30-16)6-7-26-8-10-27(11-9-26)22(28)14-18-3-5-21(24)25-15-18/h2-5,13,15-16H,6-12,14H2,1H3/t16-/m0/s1. The molecule has 158 valence electrons. The molecule has 7 heteroatoms. The highest BCUT2D eigenvalue weighted by molar-refractivity contribution is 14.1. The smallest absolute Gasteiger partial charge is 0.338 e. The van der Waals surface area contributed by atoms with Crippen molar-refractivity contribution in [3.8, 4) is 0 Å². The summed E-state index contributed by atoms with van der Waals surface area (Å²) < 4.78 is 6.23. The number of halogens is 1. The molecule has 6 nitrogen and oxygen atoms in total. The SMILES string of the molecule is C[C@H]1Cc2cc(CCN3CCN(C(=O)Cc4ccc(I)nc4)CC3)ccc2C(=O)O1. The Morgan fingerprint density at radius 2 is 1.93 bits per heavy atom. The molecular formula is C23H26IN3O3. The number of cyclic esters (lactones) is 1. The zero-order valence-electron chi connectivity index (χ0n) is 17.1. The first-order chi connectivity index (χ1) is 14.5. The lowest BCUT2D eigenvalue weighted by molar-refractivity contribution is -0.132. The van der Waals surface area contributed by atoms with Gasteiger partial charge >= 0.3 is 5.97 Å². The van der Waals surface area contributed by atoms with E-state index in [1.807, 2.05) is 36.1 Å². The zero-order chi connectivity index (χ0) is 21.1. The van der Waals surface area contributed by atoms with E-state index in [2.05, 4.69) is 38.5 Å². The van der Waals surface area contributed by atoms with Gasteiger partial charge in [-0.3, -0.25) is 14.7 Å². The van der Waals surface area contributed by atoms with Crippen LogP contribution >= 0.6 is 22.6 Å².